The second-order valence-corrected chi connectivity index (χ2v) is 8.88. The average Bonchev–Trinajstić information content (AvgIpc) is 3.19. The Hall–Kier alpha value is -2.84. The van der Waals surface area contributed by atoms with Gasteiger partial charge in [-0.15, -0.1) is 10.2 Å². The maximum absolute atomic E-state index is 12.9. The highest BCUT2D eigenvalue weighted by Gasteiger charge is 2.21. The Morgan fingerprint density at radius 2 is 1.90 bits per heavy atom. The number of para-hydroxylation sites is 1. The first-order valence-corrected chi connectivity index (χ1v) is 11.3. The van der Waals surface area contributed by atoms with E-state index in [0.29, 0.717) is 34.4 Å². The molecular formula is C22H22ClN5O2S. The number of carbonyl (C=O) groups excluding carboxylic acids is 1. The minimum absolute atomic E-state index is 0.0839. The molecule has 2 aromatic heterocycles. The summed E-state index contributed by atoms with van der Waals surface area (Å²) >= 11 is 7.47. The standard InChI is InChI=1S/C22H22ClN5O2S/c1-3-12-27-20(30)16-9-5-7-11-18(16)28-21(27)25-26-22(28)31-14(2)19(29)24-13-15-8-4-6-10-17(15)23/h4-11,14H,3,12-13H2,1-2H3,(H,24,29). The van der Waals surface area contributed by atoms with Crippen LogP contribution in [0.4, 0.5) is 0 Å². The summed E-state index contributed by atoms with van der Waals surface area (Å²) in [5.74, 6) is 0.351. The summed E-state index contributed by atoms with van der Waals surface area (Å²) < 4.78 is 3.50. The van der Waals surface area contributed by atoms with E-state index in [1.807, 2.05) is 54.6 Å². The smallest absolute Gasteiger partial charge is 0.262 e. The summed E-state index contributed by atoms with van der Waals surface area (Å²) in [5.41, 5.74) is 1.50. The van der Waals surface area contributed by atoms with Gasteiger partial charge in [-0.1, -0.05) is 60.6 Å². The van der Waals surface area contributed by atoms with Gasteiger partial charge in [0.15, 0.2) is 5.16 Å². The number of rotatable bonds is 7. The molecule has 0 aliphatic heterocycles. The Kier molecular flexibility index (Phi) is 6.29. The number of nitrogens with one attached hydrogen (secondary N) is 1. The number of hydrogen-bond donors (Lipinski definition) is 1. The third kappa shape index (κ3) is 4.18. The number of amides is 1. The molecule has 9 heteroatoms. The van der Waals surface area contributed by atoms with Gasteiger partial charge in [-0.05, 0) is 37.1 Å². The summed E-state index contributed by atoms with van der Waals surface area (Å²) in [5, 5.41) is 12.9. The zero-order valence-corrected chi connectivity index (χ0v) is 18.8. The number of benzene rings is 2. The quantitative estimate of drug-likeness (QED) is 0.427. The number of aromatic nitrogens is 4. The Morgan fingerprint density at radius 1 is 1.16 bits per heavy atom. The van der Waals surface area contributed by atoms with E-state index in [-0.39, 0.29) is 11.5 Å². The predicted molar refractivity (Wildman–Crippen MR) is 124 cm³/mol. The van der Waals surface area contributed by atoms with Crippen LogP contribution in [0.5, 0.6) is 0 Å². The van der Waals surface area contributed by atoms with Crippen molar-refractivity contribution in [3.63, 3.8) is 0 Å². The van der Waals surface area contributed by atoms with Crippen molar-refractivity contribution in [2.75, 3.05) is 0 Å². The van der Waals surface area contributed by atoms with Crippen LogP contribution in [-0.2, 0) is 17.9 Å². The second-order valence-electron chi connectivity index (χ2n) is 7.16. The van der Waals surface area contributed by atoms with Crippen molar-refractivity contribution >= 4 is 46.0 Å². The first-order valence-electron chi connectivity index (χ1n) is 10.1. The molecule has 0 radical (unpaired) electrons. The van der Waals surface area contributed by atoms with Crippen LogP contribution in [0.2, 0.25) is 5.02 Å². The van der Waals surface area contributed by atoms with E-state index in [1.54, 1.807) is 16.7 Å². The van der Waals surface area contributed by atoms with Gasteiger partial charge < -0.3 is 5.32 Å². The van der Waals surface area contributed by atoms with E-state index < -0.39 is 5.25 Å². The van der Waals surface area contributed by atoms with Crippen LogP contribution >= 0.6 is 23.4 Å². The molecule has 160 valence electrons. The molecular weight excluding hydrogens is 434 g/mol. The minimum atomic E-state index is -0.416. The zero-order chi connectivity index (χ0) is 22.0. The van der Waals surface area contributed by atoms with Crippen LogP contribution in [0, 0.1) is 0 Å². The maximum Gasteiger partial charge on any atom is 0.262 e. The van der Waals surface area contributed by atoms with Gasteiger partial charge in [0.1, 0.15) is 0 Å². The summed E-state index contributed by atoms with van der Waals surface area (Å²) in [7, 11) is 0. The molecule has 2 aromatic carbocycles. The number of aryl methyl sites for hydroxylation is 1. The zero-order valence-electron chi connectivity index (χ0n) is 17.2. The van der Waals surface area contributed by atoms with Crippen LogP contribution in [0.1, 0.15) is 25.8 Å². The summed E-state index contributed by atoms with van der Waals surface area (Å²) in [6, 6.07) is 14.8. The highest BCUT2D eigenvalue weighted by Crippen LogP contribution is 2.25. The molecule has 1 atom stereocenters. The molecule has 0 saturated carbocycles. The van der Waals surface area contributed by atoms with Gasteiger partial charge in [0, 0.05) is 18.1 Å². The molecule has 2 heterocycles. The van der Waals surface area contributed by atoms with E-state index in [2.05, 4.69) is 15.5 Å². The van der Waals surface area contributed by atoms with Gasteiger partial charge in [-0.25, -0.2) is 0 Å². The molecule has 31 heavy (non-hydrogen) atoms. The number of halogens is 1. The van der Waals surface area contributed by atoms with Crippen molar-refractivity contribution < 1.29 is 4.79 Å². The third-order valence-corrected chi connectivity index (χ3v) is 6.40. The summed E-state index contributed by atoms with van der Waals surface area (Å²) in [4.78, 5) is 25.6. The molecule has 0 bridgehead atoms. The largest absolute Gasteiger partial charge is 0.351 e. The Bertz CT molecular complexity index is 1320. The monoisotopic (exact) mass is 455 g/mol. The van der Waals surface area contributed by atoms with Gasteiger partial charge in [0.25, 0.3) is 5.56 Å². The lowest BCUT2D eigenvalue weighted by Crippen LogP contribution is -2.30. The van der Waals surface area contributed by atoms with Crippen molar-refractivity contribution in [3.05, 3.63) is 69.5 Å². The fourth-order valence-electron chi connectivity index (χ4n) is 3.41. The van der Waals surface area contributed by atoms with Crippen LogP contribution in [-0.4, -0.2) is 30.3 Å². The lowest BCUT2D eigenvalue weighted by molar-refractivity contribution is -0.120. The molecule has 4 rings (SSSR count). The Balaban J connectivity index is 1.63. The molecule has 1 unspecified atom stereocenters. The van der Waals surface area contributed by atoms with E-state index in [0.717, 1.165) is 17.5 Å². The van der Waals surface area contributed by atoms with Crippen LogP contribution < -0.4 is 10.9 Å². The number of nitrogens with zero attached hydrogens (tertiary/aromatic N) is 4. The van der Waals surface area contributed by atoms with Gasteiger partial charge in [0.2, 0.25) is 11.7 Å². The SMILES string of the molecule is CCCn1c(=O)c2ccccc2n2c(SC(C)C(=O)NCc3ccccc3Cl)nnc12. The van der Waals surface area contributed by atoms with Crippen molar-refractivity contribution in [3.8, 4) is 0 Å². The lowest BCUT2D eigenvalue weighted by Gasteiger charge is -2.13. The van der Waals surface area contributed by atoms with Crippen molar-refractivity contribution in [1.29, 1.82) is 0 Å². The van der Waals surface area contributed by atoms with Gasteiger partial charge in [-0.3, -0.25) is 18.6 Å². The Labute approximate surface area is 188 Å². The molecule has 1 amide bonds. The van der Waals surface area contributed by atoms with Gasteiger partial charge in [-0.2, -0.15) is 0 Å². The molecule has 1 N–H and O–H groups in total. The molecule has 0 fully saturated rings. The van der Waals surface area contributed by atoms with Crippen LogP contribution in [0.3, 0.4) is 0 Å². The topological polar surface area (TPSA) is 81.3 Å². The molecule has 0 aliphatic carbocycles. The number of fused-ring (bicyclic) bond motifs is 3. The fraction of sp³-hybridized carbons (Fsp3) is 0.273. The van der Waals surface area contributed by atoms with Gasteiger partial charge in [0.05, 0.1) is 16.2 Å². The van der Waals surface area contributed by atoms with Crippen LogP contribution in [0.15, 0.2) is 58.5 Å². The van der Waals surface area contributed by atoms with E-state index in [4.69, 9.17) is 11.6 Å². The summed E-state index contributed by atoms with van der Waals surface area (Å²) in [6.07, 6.45) is 0.796. The lowest BCUT2D eigenvalue weighted by atomic mass is 10.2. The van der Waals surface area contributed by atoms with E-state index in [1.165, 1.54) is 11.8 Å². The fourth-order valence-corrected chi connectivity index (χ4v) is 4.50. The number of thioether (sulfide) groups is 1. The molecule has 0 spiro atoms. The predicted octanol–water partition coefficient (Wildman–Crippen LogP) is 3.90. The van der Waals surface area contributed by atoms with Crippen molar-refractivity contribution in [2.45, 2.75) is 43.8 Å². The van der Waals surface area contributed by atoms with Crippen molar-refractivity contribution in [1.82, 2.24) is 24.5 Å². The molecule has 4 aromatic rings. The molecule has 7 nitrogen and oxygen atoms in total. The Morgan fingerprint density at radius 3 is 2.68 bits per heavy atom. The molecule has 0 aliphatic rings. The second kappa shape index (κ2) is 9.11. The van der Waals surface area contributed by atoms with Gasteiger partial charge >= 0.3 is 0 Å². The first-order chi connectivity index (χ1) is 15.0. The van der Waals surface area contributed by atoms with Crippen LogP contribution in [0.25, 0.3) is 16.7 Å². The average molecular weight is 456 g/mol. The van der Waals surface area contributed by atoms with E-state index >= 15 is 0 Å². The highest BCUT2D eigenvalue weighted by molar-refractivity contribution is 8.00. The summed E-state index contributed by atoms with van der Waals surface area (Å²) in [6.45, 7) is 4.72. The van der Waals surface area contributed by atoms with Crippen molar-refractivity contribution in [2.24, 2.45) is 0 Å². The molecule has 0 saturated heterocycles. The first kappa shape index (κ1) is 21.4. The number of carbonyl (C=O) groups is 1. The highest BCUT2D eigenvalue weighted by atomic mass is 35.5. The number of hydrogen-bond acceptors (Lipinski definition) is 5. The third-order valence-electron chi connectivity index (χ3n) is 4.99. The maximum atomic E-state index is 12.9. The minimum Gasteiger partial charge on any atom is -0.351 e. The van der Waals surface area contributed by atoms with E-state index in [9.17, 15) is 9.59 Å². The normalized spacial score (nSPS) is 12.4.